The molecule has 0 unspecified atom stereocenters. The van der Waals surface area contributed by atoms with Gasteiger partial charge in [-0.2, -0.15) is 0 Å². The Hall–Kier alpha value is -6.48. The smallest absolute Gasteiger partial charge is 0.0554 e. The first kappa shape index (κ1) is 30.4. The number of anilines is 3. The number of para-hydroxylation sites is 1. The second-order valence-electron chi connectivity index (χ2n) is 13.3. The molecule has 1 heterocycles. The molecule has 0 aliphatic rings. The van der Waals surface area contributed by atoms with Crippen molar-refractivity contribution >= 4 is 70.1 Å². The van der Waals surface area contributed by atoms with Gasteiger partial charge in [0.2, 0.25) is 0 Å². The molecule has 0 saturated carbocycles. The molecule has 1 aromatic heterocycles. The summed E-state index contributed by atoms with van der Waals surface area (Å²) in [6.45, 7) is 0. The summed E-state index contributed by atoms with van der Waals surface area (Å²) in [5.74, 6) is 0. The molecule has 0 atom stereocenters. The number of rotatable bonds is 6. The fourth-order valence-corrected chi connectivity index (χ4v) is 9.15. The van der Waals surface area contributed by atoms with Crippen LogP contribution < -0.4 is 4.90 Å². The van der Waals surface area contributed by atoms with Crippen LogP contribution in [-0.4, -0.2) is 0 Å². The molecule has 0 spiro atoms. The van der Waals surface area contributed by atoms with Crippen molar-refractivity contribution in [2.24, 2.45) is 0 Å². The zero-order valence-corrected chi connectivity index (χ0v) is 29.2. The zero-order valence-electron chi connectivity index (χ0n) is 28.4. The minimum absolute atomic E-state index is 1.11. The molecular formula is C50H33NS. The lowest BCUT2D eigenvalue weighted by Crippen LogP contribution is -2.12. The molecule has 52 heavy (non-hydrogen) atoms. The highest BCUT2D eigenvalue weighted by Crippen LogP contribution is 2.49. The van der Waals surface area contributed by atoms with Gasteiger partial charge >= 0.3 is 0 Å². The summed E-state index contributed by atoms with van der Waals surface area (Å²) in [7, 11) is 0. The van der Waals surface area contributed by atoms with Crippen LogP contribution in [0.1, 0.15) is 0 Å². The van der Waals surface area contributed by atoms with E-state index in [1.807, 2.05) is 11.3 Å². The second-order valence-corrected chi connectivity index (χ2v) is 14.3. The Labute approximate surface area is 307 Å². The number of hydrogen-bond acceptors (Lipinski definition) is 2. The van der Waals surface area contributed by atoms with Gasteiger partial charge in [0.05, 0.1) is 11.4 Å². The molecule has 0 bridgehead atoms. The zero-order chi connectivity index (χ0) is 34.4. The predicted molar refractivity (Wildman–Crippen MR) is 225 cm³/mol. The summed E-state index contributed by atoms with van der Waals surface area (Å²) < 4.78 is 2.62. The maximum Gasteiger partial charge on any atom is 0.0554 e. The molecule has 1 nitrogen and oxygen atoms in total. The van der Waals surface area contributed by atoms with Gasteiger partial charge < -0.3 is 4.90 Å². The largest absolute Gasteiger partial charge is 0.309 e. The molecular weight excluding hydrogens is 647 g/mol. The topological polar surface area (TPSA) is 3.24 Å². The lowest BCUT2D eigenvalue weighted by molar-refractivity contribution is 1.30. The van der Waals surface area contributed by atoms with Crippen LogP contribution in [0.3, 0.4) is 0 Å². The molecule has 0 radical (unpaired) electrons. The maximum absolute atomic E-state index is 2.49. The van der Waals surface area contributed by atoms with Crippen LogP contribution in [0.5, 0.6) is 0 Å². The Kier molecular flexibility index (Phi) is 7.41. The summed E-state index contributed by atoms with van der Waals surface area (Å²) in [4.78, 5) is 2.49. The Morgan fingerprint density at radius 1 is 0.327 bits per heavy atom. The van der Waals surface area contributed by atoms with Crippen LogP contribution in [0.4, 0.5) is 17.1 Å². The third-order valence-corrected chi connectivity index (χ3v) is 11.5. The fourth-order valence-electron chi connectivity index (χ4n) is 7.88. The number of fused-ring (bicyclic) bond motifs is 6. The van der Waals surface area contributed by atoms with E-state index in [-0.39, 0.29) is 0 Å². The van der Waals surface area contributed by atoms with Gasteiger partial charge in [-0.05, 0) is 74.3 Å². The molecule has 244 valence electrons. The Balaban J connectivity index is 1.27. The first-order valence-electron chi connectivity index (χ1n) is 17.8. The van der Waals surface area contributed by atoms with E-state index in [0.717, 1.165) is 17.1 Å². The summed E-state index contributed by atoms with van der Waals surface area (Å²) >= 11 is 1.89. The van der Waals surface area contributed by atoms with E-state index < -0.39 is 0 Å². The highest BCUT2D eigenvalue weighted by atomic mass is 32.1. The van der Waals surface area contributed by atoms with Gasteiger partial charge in [0.1, 0.15) is 0 Å². The Bertz CT molecular complexity index is 2880. The molecule has 0 amide bonds. The van der Waals surface area contributed by atoms with Crippen molar-refractivity contribution in [3.05, 3.63) is 200 Å². The first-order chi connectivity index (χ1) is 25.8. The van der Waals surface area contributed by atoms with Crippen molar-refractivity contribution in [2.45, 2.75) is 0 Å². The molecule has 0 N–H and O–H groups in total. The second kappa shape index (κ2) is 12.7. The highest BCUT2D eigenvalue weighted by Gasteiger charge is 2.22. The Morgan fingerprint density at radius 3 is 1.69 bits per heavy atom. The average molecular weight is 680 g/mol. The normalized spacial score (nSPS) is 11.5. The van der Waals surface area contributed by atoms with E-state index in [9.17, 15) is 0 Å². The van der Waals surface area contributed by atoms with Gasteiger partial charge in [-0.1, -0.05) is 170 Å². The number of hydrogen-bond donors (Lipinski definition) is 0. The van der Waals surface area contributed by atoms with Crippen LogP contribution in [0.2, 0.25) is 0 Å². The standard InChI is InChI=1S/C50H33NS/c1-3-14-34(15-4-1)35-28-31-39(32-29-35)51(46-26-13-20-38-30-33-44-42-22-8-10-27-47(42)52-50(44)49(38)46)45-25-9-7-21-41(45)43-24-12-19-37-18-11-23-40(48(37)43)36-16-5-2-6-17-36/h1-33H. The third-order valence-electron chi connectivity index (χ3n) is 10.3. The van der Waals surface area contributed by atoms with E-state index in [4.69, 9.17) is 0 Å². The summed E-state index contributed by atoms with van der Waals surface area (Å²) in [6.07, 6.45) is 0. The van der Waals surface area contributed by atoms with Gasteiger partial charge in [-0.15, -0.1) is 11.3 Å². The van der Waals surface area contributed by atoms with E-state index in [2.05, 4.69) is 205 Å². The van der Waals surface area contributed by atoms with Crippen molar-refractivity contribution in [3.63, 3.8) is 0 Å². The van der Waals surface area contributed by atoms with E-state index in [1.54, 1.807) is 0 Å². The molecule has 0 aliphatic carbocycles. The molecule has 0 fully saturated rings. The Morgan fingerprint density at radius 2 is 0.904 bits per heavy atom. The molecule has 10 rings (SSSR count). The van der Waals surface area contributed by atoms with Crippen molar-refractivity contribution in [1.29, 1.82) is 0 Å². The third kappa shape index (κ3) is 5.07. The first-order valence-corrected chi connectivity index (χ1v) is 18.6. The van der Waals surface area contributed by atoms with E-state index in [0.29, 0.717) is 0 Å². The van der Waals surface area contributed by atoms with Crippen molar-refractivity contribution in [3.8, 4) is 33.4 Å². The van der Waals surface area contributed by atoms with Crippen molar-refractivity contribution in [1.82, 2.24) is 0 Å². The number of benzene rings is 9. The fraction of sp³-hybridized carbons (Fsp3) is 0. The van der Waals surface area contributed by atoms with Crippen molar-refractivity contribution in [2.75, 3.05) is 4.90 Å². The van der Waals surface area contributed by atoms with Gasteiger partial charge in [0.25, 0.3) is 0 Å². The van der Waals surface area contributed by atoms with Gasteiger partial charge in [-0.25, -0.2) is 0 Å². The van der Waals surface area contributed by atoms with Crippen LogP contribution in [0, 0.1) is 0 Å². The van der Waals surface area contributed by atoms with Crippen LogP contribution >= 0.6 is 11.3 Å². The quantitative estimate of drug-likeness (QED) is 0.169. The molecule has 9 aromatic carbocycles. The minimum Gasteiger partial charge on any atom is -0.309 e. The van der Waals surface area contributed by atoms with E-state index in [1.165, 1.54) is 75.1 Å². The predicted octanol–water partition coefficient (Wildman–Crippen LogP) is 14.8. The summed E-state index contributed by atoms with van der Waals surface area (Å²) in [5.41, 5.74) is 10.7. The number of thiophene rings is 1. The van der Waals surface area contributed by atoms with Crippen LogP contribution in [0.25, 0.3) is 75.1 Å². The van der Waals surface area contributed by atoms with Crippen molar-refractivity contribution < 1.29 is 0 Å². The number of nitrogens with zero attached hydrogens (tertiary/aromatic N) is 1. The van der Waals surface area contributed by atoms with Gasteiger partial charge in [0.15, 0.2) is 0 Å². The van der Waals surface area contributed by atoms with E-state index >= 15 is 0 Å². The molecule has 0 aliphatic heterocycles. The average Bonchev–Trinajstić information content (AvgIpc) is 3.61. The monoisotopic (exact) mass is 679 g/mol. The molecule has 0 saturated heterocycles. The molecule has 2 heteroatoms. The SMILES string of the molecule is c1ccc(-c2ccc(N(c3ccccc3-c3cccc4cccc(-c5ccccc5)c34)c3cccc4ccc5c6ccccc6sc5c34)cc2)cc1. The molecule has 10 aromatic rings. The summed E-state index contributed by atoms with van der Waals surface area (Å²) in [5, 5.41) is 7.59. The highest BCUT2D eigenvalue weighted by molar-refractivity contribution is 7.26. The van der Waals surface area contributed by atoms with Crippen LogP contribution in [0.15, 0.2) is 200 Å². The lowest BCUT2D eigenvalue weighted by Gasteiger charge is -2.30. The van der Waals surface area contributed by atoms with Gasteiger partial charge in [0, 0.05) is 36.8 Å². The lowest BCUT2D eigenvalue weighted by atomic mass is 9.90. The van der Waals surface area contributed by atoms with Gasteiger partial charge in [-0.3, -0.25) is 0 Å². The summed E-state index contributed by atoms with van der Waals surface area (Å²) in [6, 6.07) is 72.9. The van der Waals surface area contributed by atoms with Crippen LogP contribution in [-0.2, 0) is 0 Å². The maximum atomic E-state index is 2.49. The minimum atomic E-state index is 1.11.